The molecule has 0 bridgehead atoms. The third-order valence-corrected chi connectivity index (χ3v) is 3.91. The van der Waals surface area contributed by atoms with Crippen LogP contribution in [0.15, 0.2) is 12.3 Å². The lowest BCUT2D eigenvalue weighted by Gasteiger charge is -2.35. The molecule has 2 aliphatic rings. The summed E-state index contributed by atoms with van der Waals surface area (Å²) in [5.74, 6) is 1.33. The summed E-state index contributed by atoms with van der Waals surface area (Å²) in [5, 5.41) is 0. The molecule has 2 aliphatic heterocycles. The molecular formula is C14H20N4O3. The lowest BCUT2D eigenvalue weighted by atomic mass is 10.2. The van der Waals surface area contributed by atoms with Crippen molar-refractivity contribution in [2.75, 3.05) is 44.8 Å². The summed E-state index contributed by atoms with van der Waals surface area (Å²) in [5.41, 5.74) is 0. The zero-order valence-corrected chi connectivity index (χ0v) is 12.2. The number of aromatic nitrogens is 2. The monoisotopic (exact) mass is 292 g/mol. The van der Waals surface area contributed by atoms with Crippen molar-refractivity contribution in [2.24, 2.45) is 0 Å². The van der Waals surface area contributed by atoms with Crippen LogP contribution >= 0.6 is 0 Å². The molecule has 0 saturated carbocycles. The van der Waals surface area contributed by atoms with Crippen molar-refractivity contribution >= 4 is 11.9 Å². The third kappa shape index (κ3) is 3.07. The average Bonchev–Trinajstić information content (AvgIpc) is 3.09. The fourth-order valence-corrected chi connectivity index (χ4v) is 2.70. The largest absolute Gasteiger partial charge is 0.481 e. The molecule has 1 aromatic heterocycles. The Bertz CT molecular complexity index is 497. The van der Waals surface area contributed by atoms with Crippen LogP contribution in [0.1, 0.15) is 12.8 Å². The topological polar surface area (TPSA) is 67.8 Å². The molecule has 1 amide bonds. The molecule has 7 nitrogen and oxygen atoms in total. The molecule has 0 N–H and O–H groups in total. The second kappa shape index (κ2) is 6.26. The number of methoxy groups -OCH3 is 1. The Balaban J connectivity index is 1.58. The van der Waals surface area contributed by atoms with Crippen LogP contribution in [0.2, 0.25) is 0 Å². The molecular weight excluding hydrogens is 272 g/mol. The van der Waals surface area contributed by atoms with Gasteiger partial charge in [-0.05, 0) is 12.8 Å². The molecule has 1 unspecified atom stereocenters. The Labute approximate surface area is 123 Å². The Kier molecular flexibility index (Phi) is 4.19. The van der Waals surface area contributed by atoms with Crippen LogP contribution in [0, 0.1) is 0 Å². The van der Waals surface area contributed by atoms with Crippen LogP contribution in [-0.4, -0.2) is 66.8 Å². The number of anilines is 1. The first-order valence-corrected chi connectivity index (χ1v) is 7.30. The van der Waals surface area contributed by atoms with E-state index in [1.807, 2.05) is 4.90 Å². The van der Waals surface area contributed by atoms with Gasteiger partial charge < -0.3 is 19.3 Å². The molecule has 21 heavy (non-hydrogen) atoms. The molecule has 3 rings (SSSR count). The summed E-state index contributed by atoms with van der Waals surface area (Å²) in [6.45, 7) is 3.52. The van der Waals surface area contributed by atoms with Crippen molar-refractivity contribution < 1.29 is 14.3 Å². The van der Waals surface area contributed by atoms with Gasteiger partial charge in [0.1, 0.15) is 6.10 Å². The van der Waals surface area contributed by atoms with Gasteiger partial charge in [0.25, 0.3) is 5.91 Å². The molecule has 0 spiro atoms. The van der Waals surface area contributed by atoms with Gasteiger partial charge in [0.15, 0.2) is 0 Å². The van der Waals surface area contributed by atoms with E-state index < -0.39 is 0 Å². The molecule has 7 heteroatoms. The second-order valence-corrected chi connectivity index (χ2v) is 5.21. The minimum atomic E-state index is -0.232. The van der Waals surface area contributed by atoms with E-state index in [9.17, 15) is 4.79 Å². The quantitative estimate of drug-likeness (QED) is 0.799. The molecule has 3 heterocycles. The van der Waals surface area contributed by atoms with Crippen LogP contribution in [0.4, 0.5) is 5.95 Å². The van der Waals surface area contributed by atoms with Crippen molar-refractivity contribution in [3.05, 3.63) is 12.3 Å². The van der Waals surface area contributed by atoms with Crippen molar-refractivity contribution in [3.63, 3.8) is 0 Å². The number of ether oxygens (including phenoxy) is 2. The maximum absolute atomic E-state index is 12.3. The fourth-order valence-electron chi connectivity index (χ4n) is 2.70. The number of carbonyl (C=O) groups excluding carboxylic acids is 1. The average molecular weight is 292 g/mol. The van der Waals surface area contributed by atoms with Gasteiger partial charge in [0, 0.05) is 45.0 Å². The minimum Gasteiger partial charge on any atom is -0.481 e. The summed E-state index contributed by atoms with van der Waals surface area (Å²) in [4.78, 5) is 24.8. The molecule has 114 valence electrons. The molecule has 0 aliphatic carbocycles. The summed E-state index contributed by atoms with van der Waals surface area (Å²) in [6, 6.07) is 1.72. The van der Waals surface area contributed by atoms with Gasteiger partial charge in [-0.15, -0.1) is 0 Å². The van der Waals surface area contributed by atoms with E-state index in [0.29, 0.717) is 31.5 Å². The number of hydrogen-bond acceptors (Lipinski definition) is 6. The normalized spacial score (nSPS) is 22.4. The van der Waals surface area contributed by atoms with E-state index in [-0.39, 0.29) is 12.0 Å². The number of carbonyl (C=O) groups is 1. The van der Waals surface area contributed by atoms with Crippen LogP contribution < -0.4 is 9.64 Å². The van der Waals surface area contributed by atoms with E-state index in [2.05, 4.69) is 14.9 Å². The van der Waals surface area contributed by atoms with Crippen LogP contribution in [0.3, 0.4) is 0 Å². The highest BCUT2D eigenvalue weighted by Crippen LogP contribution is 2.18. The number of nitrogens with zero attached hydrogens (tertiary/aromatic N) is 4. The van der Waals surface area contributed by atoms with Crippen LogP contribution in [-0.2, 0) is 9.53 Å². The Morgan fingerprint density at radius 3 is 2.86 bits per heavy atom. The number of amides is 1. The first-order valence-electron chi connectivity index (χ1n) is 7.30. The molecule has 2 fully saturated rings. The van der Waals surface area contributed by atoms with Gasteiger partial charge in [-0.25, -0.2) is 4.98 Å². The minimum absolute atomic E-state index is 0.124. The van der Waals surface area contributed by atoms with Gasteiger partial charge in [-0.3, -0.25) is 4.79 Å². The maximum atomic E-state index is 12.3. The van der Waals surface area contributed by atoms with Crippen LogP contribution in [0.5, 0.6) is 5.88 Å². The van der Waals surface area contributed by atoms with Crippen molar-refractivity contribution in [1.82, 2.24) is 14.9 Å². The summed E-state index contributed by atoms with van der Waals surface area (Å²) < 4.78 is 10.6. The van der Waals surface area contributed by atoms with Gasteiger partial charge in [0.2, 0.25) is 11.8 Å². The molecule has 0 radical (unpaired) electrons. The second-order valence-electron chi connectivity index (χ2n) is 5.21. The highest BCUT2D eigenvalue weighted by molar-refractivity contribution is 5.81. The number of piperazine rings is 1. The Morgan fingerprint density at radius 2 is 2.19 bits per heavy atom. The first-order chi connectivity index (χ1) is 10.3. The van der Waals surface area contributed by atoms with E-state index in [0.717, 1.165) is 25.9 Å². The van der Waals surface area contributed by atoms with Gasteiger partial charge >= 0.3 is 0 Å². The summed E-state index contributed by atoms with van der Waals surface area (Å²) in [6.07, 6.45) is 3.28. The SMILES string of the molecule is COc1ccnc(N2CCN(C(=O)C3CCCO3)CC2)n1. The summed E-state index contributed by atoms with van der Waals surface area (Å²) >= 11 is 0. The van der Waals surface area contributed by atoms with E-state index >= 15 is 0 Å². The van der Waals surface area contributed by atoms with Gasteiger partial charge in [-0.2, -0.15) is 4.98 Å². The highest BCUT2D eigenvalue weighted by Gasteiger charge is 2.30. The van der Waals surface area contributed by atoms with Crippen molar-refractivity contribution in [2.45, 2.75) is 18.9 Å². The third-order valence-electron chi connectivity index (χ3n) is 3.91. The predicted molar refractivity (Wildman–Crippen MR) is 76.4 cm³/mol. The van der Waals surface area contributed by atoms with Gasteiger partial charge in [-0.1, -0.05) is 0 Å². The van der Waals surface area contributed by atoms with Gasteiger partial charge in [0.05, 0.1) is 7.11 Å². The van der Waals surface area contributed by atoms with E-state index in [1.54, 1.807) is 19.4 Å². The van der Waals surface area contributed by atoms with E-state index in [1.165, 1.54) is 0 Å². The van der Waals surface area contributed by atoms with Crippen molar-refractivity contribution in [1.29, 1.82) is 0 Å². The Morgan fingerprint density at radius 1 is 1.38 bits per heavy atom. The van der Waals surface area contributed by atoms with Crippen LogP contribution in [0.25, 0.3) is 0 Å². The summed E-state index contributed by atoms with van der Waals surface area (Å²) in [7, 11) is 1.59. The molecule has 1 aromatic rings. The smallest absolute Gasteiger partial charge is 0.251 e. The number of hydrogen-bond donors (Lipinski definition) is 0. The predicted octanol–water partition coefficient (Wildman–Crippen LogP) is 0.313. The molecule has 1 atom stereocenters. The lowest BCUT2D eigenvalue weighted by molar-refractivity contribution is -0.141. The Hall–Kier alpha value is -1.89. The van der Waals surface area contributed by atoms with Crippen molar-refractivity contribution in [3.8, 4) is 5.88 Å². The standard InChI is InChI=1S/C14H20N4O3/c1-20-12-4-5-15-14(16-12)18-8-6-17(7-9-18)13(19)11-3-2-10-21-11/h4-5,11H,2-3,6-10H2,1H3. The van der Waals surface area contributed by atoms with E-state index in [4.69, 9.17) is 9.47 Å². The maximum Gasteiger partial charge on any atom is 0.251 e. The molecule has 2 saturated heterocycles. The lowest BCUT2D eigenvalue weighted by Crippen LogP contribution is -2.51. The molecule has 0 aromatic carbocycles. The first kappa shape index (κ1) is 14.1. The number of rotatable bonds is 3. The highest BCUT2D eigenvalue weighted by atomic mass is 16.5. The zero-order chi connectivity index (χ0) is 14.7. The zero-order valence-electron chi connectivity index (χ0n) is 12.2. The fraction of sp³-hybridized carbons (Fsp3) is 0.643.